The van der Waals surface area contributed by atoms with Crippen LogP contribution in [0, 0.1) is 0 Å². The van der Waals surface area contributed by atoms with Gasteiger partial charge in [-0.15, -0.1) is 0 Å². The van der Waals surface area contributed by atoms with E-state index in [2.05, 4.69) is 20.2 Å². The van der Waals surface area contributed by atoms with Gasteiger partial charge in [0.05, 0.1) is 17.2 Å². The van der Waals surface area contributed by atoms with Gasteiger partial charge in [-0.05, 0) is 50.6 Å². The Morgan fingerprint density at radius 2 is 2.04 bits per heavy atom. The first-order valence-corrected chi connectivity index (χ1v) is 9.40. The highest BCUT2D eigenvalue weighted by molar-refractivity contribution is 6.32. The third-order valence-corrected chi connectivity index (χ3v) is 4.85. The Bertz CT molecular complexity index is 779. The number of carboxylic acid groups (broad SMARTS) is 1. The summed E-state index contributed by atoms with van der Waals surface area (Å²) in [6.45, 7) is 4.91. The van der Waals surface area contributed by atoms with Crippen molar-refractivity contribution in [2.75, 3.05) is 24.6 Å². The standard InChI is InChI=1S/C19H23ClN4O3/c1-2-27-17-9-13(3-4-16(17)20)12-24(15-5-7-21-8-6-15)19-22-10-14(11-23-19)18(25)26/h3-4,9-11,15,21H,2,5-8,12H2,1H3,(H,25,26). The molecule has 2 aromatic rings. The van der Waals surface area contributed by atoms with Crippen molar-refractivity contribution in [1.82, 2.24) is 15.3 Å². The molecule has 0 amide bonds. The maximum Gasteiger partial charge on any atom is 0.338 e. The first-order chi connectivity index (χ1) is 13.1. The summed E-state index contributed by atoms with van der Waals surface area (Å²) in [7, 11) is 0. The Morgan fingerprint density at radius 3 is 2.67 bits per heavy atom. The summed E-state index contributed by atoms with van der Waals surface area (Å²) in [5.74, 6) is 0.151. The number of aromatic carboxylic acids is 1. The first kappa shape index (κ1) is 19.4. The van der Waals surface area contributed by atoms with Crippen molar-refractivity contribution in [3.05, 3.63) is 46.7 Å². The van der Waals surface area contributed by atoms with Gasteiger partial charge in [-0.25, -0.2) is 14.8 Å². The predicted molar refractivity (Wildman–Crippen MR) is 104 cm³/mol. The molecule has 27 heavy (non-hydrogen) atoms. The number of benzene rings is 1. The molecule has 0 radical (unpaired) electrons. The minimum Gasteiger partial charge on any atom is -0.492 e. The molecule has 1 aromatic heterocycles. The molecule has 1 saturated heterocycles. The lowest BCUT2D eigenvalue weighted by atomic mass is 10.0. The van der Waals surface area contributed by atoms with Crippen LogP contribution in [0.15, 0.2) is 30.6 Å². The van der Waals surface area contributed by atoms with E-state index in [-0.39, 0.29) is 11.6 Å². The molecule has 1 aromatic carbocycles. The highest BCUT2D eigenvalue weighted by Crippen LogP contribution is 2.28. The largest absolute Gasteiger partial charge is 0.492 e. The second-order valence-electron chi connectivity index (χ2n) is 6.38. The van der Waals surface area contributed by atoms with Gasteiger partial charge < -0.3 is 20.1 Å². The molecule has 7 nitrogen and oxygen atoms in total. The van der Waals surface area contributed by atoms with Crippen LogP contribution in [-0.4, -0.2) is 46.8 Å². The van der Waals surface area contributed by atoms with Gasteiger partial charge in [0.1, 0.15) is 5.75 Å². The Labute approximate surface area is 163 Å². The van der Waals surface area contributed by atoms with Crippen molar-refractivity contribution in [1.29, 1.82) is 0 Å². The minimum absolute atomic E-state index is 0.0779. The maximum atomic E-state index is 11.1. The normalized spacial score (nSPS) is 14.7. The van der Waals surface area contributed by atoms with Crippen LogP contribution in [0.25, 0.3) is 0 Å². The number of carbonyl (C=O) groups is 1. The molecule has 2 heterocycles. The summed E-state index contributed by atoms with van der Waals surface area (Å²) in [6.07, 6.45) is 4.64. The van der Waals surface area contributed by atoms with Gasteiger partial charge in [0.15, 0.2) is 0 Å². The number of hydrogen-bond donors (Lipinski definition) is 2. The number of aromatic nitrogens is 2. The van der Waals surface area contributed by atoms with E-state index in [1.807, 2.05) is 25.1 Å². The SMILES string of the molecule is CCOc1cc(CN(c2ncc(C(=O)O)cn2)C2CCNCC2)ccc1Cl. The van der Waals surface area contributed by atoms with Crippen LogP contribution in [0.4, 0.5) is 5.95 Å². The Balaban J connectivity index is 1.88. The van der Waals surface area contributed by atoms with Crippen molar-refractivity contribution >= 4 is 23.5 Å². The van der Waals surface area contributed by atoms with Crippen LogP contribution >= 0.6 is 11.6 Å². The molecule has 144 valence electrons. The van der Waals surface area contributed by atoms with Crippen LogP contribution in [0.1, 0.15) is 35.7 Å². The average Bonchev–Trinajstić information content (AvgIpc) is 2.69. The van der Waals surface area contributed by atoms with Crippen LogP contribution in [0.2, 0.25) is 5.02 Å². The van der Waals surface area contributed by atoms with Gasteiger partial charge in [0.25, 0.3) is 0 Å². The van der Waals surface area contributed by atoms with E-state index >= 15 is 0 Å². The summed E-state index contributed by atoms with van der Waals surface area (Å²) >= 11 is 6.20. The molecule has 0 saturated carbocycles. The number of anilines is 1. The van der Waals surface area contributed by atoms with Gasteiger partial charge in [-0.2, -0.15) is 0 Å². The number of nitrogens with zero attached hydrogens (tertiary/aromatic N) is 3. The van der Waals surface area contributed by atoms with Crippen molar-refractivity contribution in [2.24, 2.45) is 0 Å². The zero-order valence-corrected chi connectivity index (χ0v) is 15.9. The van der Waals surface area contributed by atoms with E-state index in [9.17, 15) is 4.79 Å². The average molecular weight is 391 g/mol. The topological polar surface area (TPSA) is 87.6 Å². The quantitative estimate of drug-likeness (QED) is 0.751. The fourth-order valence-corrected chi connectivity index (χ4v) is 3.34. The third kappa shape index (κ3) is 4.87. The zero-order chi connectivity index (χ0) is 19.2. The summed E-state index contributed by atoms with van der Waals surface area (Å²) in [5.41, 5.74) is 1.11. The summed E-state index contributed by atoms with van der Waals surface area (Å²) in [5, 5.41) is 13.0. The fourth-order valence-electron chi connectivity index (χ4n) is 3.17. The van der Waals surface area contributed by atoms with E-state index < -0.39 is 5.97 Å². The summed E-state index contributed by atoms with van der Waals surface area (Å²) < 4.78 is 5.60. The van der Waals surface area contributed by atoms with E-state index in [1.165, 1.54) is 12.4 Å². The number of nitrogens with one attached hydrogen (secondary N) is 1. The number of carboxylic acids is 1. The van der Waals surface area contributed by atoms with Crippen molar-refractivity contribution in [3.63, 3.8) is 0 Å². The fraction of sp³-hybridized carbons (Fsp3) is 0.421. The molecule has 1 fully saturated rings. The lowest BCUT2D eigenvalue weighted by molar-refractivity contribution is 0.0696. The van der Waals surface area contributed by atoms with E-state index in [1.54, 1.807) is 0 Å². The van der Waals surface area contributed by atoms with Crippen LogP contribution in [0.5, 0.6) is 5.75 Å². The molecule has 0 unspecified atom stereocenters. The number of halogens is 1. The minimum atomic E-state index is -1.03. The molecule has 8 heteroatoms. The van der Waals surface area contributed by atoms with E-state index in [4.69, 9.17) is 21.4 Å². The van der Waals surface area contributed by atoms with Gasteiger partial charge in [0, 0.05) is 25.0 Å². The molecule has 0 spiro atoms. The highest BCUT2D eigenvalue weighted by Gasteiger charge is 2.24. The van der Waals surface area contributed by atoms with Gasteiger partial charge in [-0.3, -0.25) is 0 Å². The van der Waals surface area contributed by atoms with Gasteiger partial charge >= 0.3 is 5.97 Å². The van der Waals surface area contributed by atoms with Crippen molar-refractivity contribution < 1.29 is 14.6 Å². The van der Waals surface area contributed by atoms with Crippen LogP contribution in [-0.2, 0) is 6.54 Å². The molecule has 1 aliphatic heterocycles. The van der Waals surface area contributed by atoms with Crippen LogP contribution in [0.3, 0.4) is 0 Å². The first-order valence-electron chi connectivity index (χ1n) is 9.02. The van der Waals surface area contributed by atoms with E-state index in [0.717, 1.165) is 31.5 Å². The summed E-state index contributed by atoms with van der Waals surface area (Å²) in [6, 6.07) is 6.00. The molecular weight excluding hydrogens is 368 g/mol. The van der Waals surface area contributed by atoms with Crippen molar-refractivity contribution in [2.45, 2.75) is 32.4 Å². The number of hydrogen-bond acceptors (Lipinski definition) is 6. The number of rotatable bonds is 7. The molecule has 1 aliphatic rings. The lowest BCUT2D eigenvalue weighted by Crippen LogP contribution is -2.43. The third-order valence-electron chi connectivity index (χ3n) is 4.54. The predicted octanol–water partition coefficient (Wildman–Crippen LogP) is 2.99. The Hall–Kier alpha value is -2.38. The summed E-state index contributed by atoms with van der Waals surface area (Å²) in [4.78, 5) is 21.8. The molecule has 0 bridgehead atoms. The van der Waals surface area contributed by atoms with E-state index in [0.29, 0.717) is 29.9 Å². The molecular formula is C19H23ClN4O3. The second kappa shape index (κ2) is 9.01. The van der Waals surface area contributed by atoms with Crippen LogP contribution < -0.4 is 15.0 Å². The zero-order valence-electron chi connectivity index (χ0n) is 15.2. The second-order valence-corrected chi connectivity index (χ2v) is 6.79. The molecule has 3 rings (SSSR count). The number of piperidine rings is 1. The molecule has 0 aliphatic carbocycles. The van der Waals surface area contributed by atoms with Gasteiger partial charge in [-0.1, -0.05) is 17.7 Å². The highest BCUT2D eigenvalue weighted by atomic mass is 35.5. The molecule has 2 N–H and O–H groups in total. The smallest absolute Gasteiger partial charge is 0.338 e. The number of ether oxygens (including phenoxy) is 1. The Morgan fingerprint density at radius 1 is 1.33 bits per heavy atom. The monoisotopic (exact) mass is 390 g/mol. The lowest BCUT2D eigenvalue weighted by Gasteiger charge is -2.35. The Kier molecular flexibility index (Phi) is 6.47. The van der Waals surface area contributed by atoms with Gasteiger partial charge in [0.2, 0.25) is 5.95 Å². The molecule has 0 atom stereocenters. The maximum absolute atomic E-state index is 11.1. The van der Waals surface area contributed by atoms with Crippen molar-refractivity contribution in [3.8, 4) is 5.75 Å².